The molecule has 34 heavy (non-hydrogen) atoms. The van der Waals surface area contributed by atoms with Gasteiger partial charge in [0, 0.05) is 33.8 Å². The van der Waals surface area contributed by atoms with Gasteiger partial charge in [0.2, 0.25) is 5.91 Å². The van der Waals surface area contributed by atoms with Gasteiger partial charge in [0.15, 0.2) is 0 Å². The molecule has 1 aromatic rings. The number of ether oxygens (including phenoxy) is 2. The lowest BCUT2D eigenvalue weighted by Crippen LogP contribution is -2.48. The highest BCUT2D eigenvalue weighted by molar-refractivity contribution is 6.76. The number of carbonyl (C=O) groups excluding carboxylic acids is 2. The summed E-state index contributed by atoms with van der Waals surface area (Å²) in [5.74, 6) is -1.97. The number of alkyl halides is 3. The van der Waals surface area contributed by atoms with Gasteiger partial charge in [-0.25, -0.2) is 4.68 Å². The van der Waals surface area contributed by atoms with Crippen LogP contribution in [0.4, 0.5) is 18.9 Å². The molecule has 2 unspecified atom stereocenters. The van der Waals surface area contributed by atoms with Crippen LogP contribution in [0.5, 0.6) is 0 Å². The van der Waals surface area contributed by atoms with Gasteiger partial charge < -0.3 is 19.7 Å². The monoisotopic (exact) mass is 506 g/mol. The summed E-state index contributed by atoms with van der Waals surface area (Å²) in [7, 11) is -0.192. The van der Waals surface area contributed by atoms with E-state index in [-0.39, 0.29) is 13.3 Å². The van der Waals surface area contributed by atoms with Crippen LogP contribution < -0.4 is 10.9 Å². The van der Waals surface area contributed by atoms with Crippen LogP contribution >= 0.6 is 0 Å². The standard InChI is InChI=1S/C21H33F3N4O5Si/c1-14(12-27-8-6-7-15(18(27)29)20(31)32-2)26-16-11-25-28(13-33-9-10-34(3,4)5)19(30)17(16)21(22,23)24/h11,14-15,26H,6-10,12-13H2,1-5H3. The van der Waals surface area contributed by atoms with Gasteiger partial charge >= 0.3 is 12.1 Å². The van der Waals surface area contributed by atoms with E-state index in [0.717, 1.165) is 12.2 Å². The van der Waals surface area contributed by atoms with Crippen LogP contribution in [-0.2, 0) is 32.0 Å². The minimum atomic E-state index is -4.92. The fourth-order valence-corrected chi connectivity index (χ4v) is 4.37. The van der Waals surface area contributed by atoms with Crippen molar-refractivity contribution in [2.45, 2.75) is 64.4 Å². The topological polar surface area (TPSA) is 103 Å². The molecule has 13 heteroatoms. The molecule has 1 aliphatic rings. The number of hydrogen-bond donors (Lipinski definition) is 1. The van der Waals surface area contributed by atoms with Gasteiger partial charge in [-0.15, -0.1) is 0 Å². The average Bonchev–Trinajstić information content (AvgIpc) is 2.71. The molecule has 2 atom stereocenters. The molecule has 1 saturated heterocycles. The van der Waals surface area contributed by atoms with Crippen molar-refractivity contribution in [1.82, 2.24) is 14.7 Å². The molecule has 0 radical (unpaired) electrons. The molecule has 0 bridgehead atoms. The minimum absolute atomic E-state index is 0.0481. The van der Waals surface area contributed by atoms with Crippen molar-refractivity contribution < 1.29 is 32.2 Å². The van der Waals surface area contributed by atoms with Gasteiger partial charge in [0.25, 0.3) is 5.56 Å². The Kier molecular flexibility index (Phi) is 9.28. The second-order valence-corrected chi connectivity index (χ2v) is 15.3. The number of rotatable bonds is 10. The Bertz CT molecular complexity index is 932. The number of likely N-dealkylation sites (tertiary alicyclic amines) is 1. The van der Waals surface area contributed by atoms with Crippen LogP contribution in [0.25, 0.3) is 0 Å². The molecule has 2 heterocycles. The van der Waals surface area contributed by atoms with E-state index in [4.69, 9.17) is 4.74 Å². The summed E-state index contributed by atoms with van der Waals surface area (Å²) in [6.45, 7) is 8.37. The second-order valence-electron chi connectivity index (χ2n) is 9.63. The number of piperidine rings is 1. The summed E-state index contributed by atoms with van der Waals surface area (Å²) < 4.78 is 51.9. The molecule has 0 saturated carbocycles. The molecule has 1 fully saturated rings. The summed E-state index contributed by atoms with van der Waals surface area (Å²) in [5, 5.41) is 6.49. The summed E-state index contributed by atoms with van der Waals surface area (Å²) in [6.07, 6.45) is -3.04. The van der Waals surface area contributed by atoms with Crippen LogP contribution in [0, 0.1) is 5.92 Å². The number of nitrogens with one attached hydrogen (secondary N) is 1. The van der Waals surface area contributed by atoms with E-state index in [9.17, 15) is 27.6 Å². The smallest absolute Gasteiger partial charge is 0.423 e. The first kappa shape index (κ1) is 27.8. The zero-order chi connectivity index (χ0) is 25.7. The Morgan fingerprint density at radius 3 is 2.59 bits per heavy atom. The van der Waals surface area contributed by atoms with Crippen molar-refractivity contribution >= 4 is 25.6 Å². The van der Waals surface area contributed by atoms with E-state index in [1.807, 2.05) is 0 Å². The number of esters is 1. The van der Waals surface area contributed by atoms with Crippen LogP contribution in [0.1, 0.15) is 25.3 Å². The molecule has 9 nitrogen and oxygen atoms in total. The van der Waals surface area contributed by atoms with Gasteiger partial charge in [0.05, 0.1) is 19.0 Å². The van der Waals surface area contributed by atoms with E-state index in [0.29, 0.717) is 30.7 Å². The summed E-state index contributed by atoms with van der Waals surface area (Å²) >= 11 is 0. The first-order valence-corrected chi connectivity index (χ1v) is 14.8. The molecule has 192 valence electrons. The van der Waals surface area contributed by atoms with Gasteiger partial charge in [-0.2, -0.15) is 18.3 Å². The summed E-state index contributed by atoms with van der Waals surface area (Å²) in [4.78, 5) is 38.3. The maximum atomic E-state index is 13.8. The zero-order valence-electron chi connectivity index (χ0n) is 20.2. The Morgan fingerprint density at radius 2 is 2.00 bits per heavy atom. The first-order chi connectivity index (χ1) is 15.7. The number of anilines is 1. The van der Waals surface area contributed by atoms with Crippen molar-refractivity contribution in [3.8, 4) is 0 Å². The predicted molar refractivity (Wildman–Crippen MR) is 122 cm³/mol. The first-order valence-electron chi connectivity index (χ1n) is 11.1. The van der Waals surface area contributed by atoms with Crippen molar-refractivity contribution in [3.63, 3.8) is 0 Å². The Hall–Kier alpha value is -2.41. The number of amides is 1. The van der Waals surface area contributed by atoms with Crippen molar-refractivity contribution in [2.24, 2.45) is 5.92 Å². The molecule has 0 aliphatic carbocycles. The highest BCUT2D eigenvalue weighted by atomic mass is 28.3. The summed E-state index contributed by atoms with van der Waals surface area (Å²) in [6, 6.07) is 0.156. The highest BCUT2D eigenvalue weighted by Gasteiger charge is 2.39. The fourth-order valence-electron chi connectivity index (χ4n) is 3.62. The van der Waals surface area contributed by atoms with E-state index in [2.05, 4.69) is 34.8 Å². The maximum Gasteiger partial charge on any atom is 0.423 e. The van der Waals surface area contributed by atoms with Gasteiger partial charge in [0.1, 0.15) is 18.2 Å². The highest BCUT2D eigenvalue weighted by Crippen LogP contribution is 2.32. The molecular formula is C21H33F3N4O5Si. The average molecular weight is 507 g/mol. The Balaban J connectivity index is 2.13. The lowest BCUT2D eigenvalue weighted by atomic mass is 9.97. The van der Waals surface area contributed by atoms with Crippen molar-refractivity contribution in [2.75, 3.05) is 32.1 Å². The quantitative estimate of drug-likeness (QED) is 0.225. The SMILES string of the molecule is COC(=O)C1CCCN(CC(C)Nc2cnn(COCC[Si](C)(C)C)c(=O)c2C(F)(F)F)C1=O. The largest absolute Gasteiger partial charge is 0.468 e. The number of hydrogen-bond acceptors (Lipinski definition) is 7. The molecule has 0 aromatic carbocycles. The van der Waals surface area contributed by atoms with Crippen molar-refractivity contribution in [3.05, 3.63) is 22.1 Å². The number of methoxy groups -OCH3 is 1. The maximum absolute atomic E-state index is 13.8. The minimum Gasteiger partial charge on any atom is -0.468 e. The molecule has 1 N–H and O–H groups in total. The third-order valence-electron chi connectivity index (χ3n) is 5.45. The third-order valence-corrected chi connectivity index (χ3v) is 7.15. The number of halogens is 3. The van der Waals surface area contributed by atoms with Gasteiger partial charge in [-0.3, -0.25) is 14.4 Å². The molecule has 0 spiro atoms. The van der Waals surface area contributed by atoms with E-state index < -0.39 is 54.9 Å². The molecule has 2 rings (SSSR count). The third kappa shape index (κ3) is 7.55. The molecule has 1 amide bonds. The molecule has 1 aliphatic heterocycles. The van der Waals surface area contributed by atoms with Crippen LogP contribution in [0.2, 0.25) is 25.7 Å². The van der Waals surface area contributed by atoms with Crippen LogP contribution in [0.3, 0.4) is 0 Å². The van der Waals surface area contributed by atoms with Crippen LogP contribution in [-0.4, -0.2) is 67.5 Å². The Morgan fingerprint density at radius 1 is 1.32 bits per heavy atom. The Labute approximate surface area is 197 Å². The van der Waals surface area contributed by atoms with E-state index >= 15 is 0 Å². The lowest BCUT2D eigenvalue weighted by molar-refractivity contribution is -0.156. The number of nitrogens with zero attached hydrogens (tertiary/aromatic N) is 3. The molecule has 1 aromatic heterocycles. The summed E-state index contributed by atoms with van der Waals surface area (Å²) in [5.41, 5.74) is -3.16. The second kappa shape index (κ2) is 11.3. The zero-order valence-corrected chi connectivity index (χ0v) is 21.2. The lowest BCUT2D eigenvalue weighted by Gasteiger charge is -2.33. The fraction of sp³-hybridized carbons (Fsp3) is 0.714. The van der Waals surface area contributed by atoms with E-state index in [1.165, 1.54) is 12.0 Å². The predicted octanol–water partition coefficient (Wildman–Crippen LogP) is 2.79. The normalized spacial score (nSPS) is 18.1. The number of carbonyl (C=O) groups is 2. The van der Waals surface area contributed by atoms with Crippen molar-refractivity contribution in [1.29, 1.82) is 0 Å². The number of aromatic nitrogens is 2. The molecular weight excluding hydrogens is 473 g/mol. The van der Waals surface area contributed by atoms with Gasteiger partial charge in [-0.1, -0.05) is 19.6 Å². The van der Waals surface area contributed by atoms with Gasteiger partial charge in [-0.05, 0) is 25.8 Å². The van der Waals surface area contributed by atoms with Crippen LogP contribution in [0.15, 0.2) is 11.0 Å². The van der Waals surface area contributed by atoms with E-state index in [1.54, 1.807) is 6.92 Å².